The first-order chi connectivity index (χ1) is 7.34. The number of nitrogens with zero attached hydrogens (tertiary/aromatic N) is 2. The summed E-state index contributed by atoms with van der Waals surface area (Å²) in [7, 11) is 0. The van der Waals surface area contributed by atoms with Gasteiger partial charge in [-0.15, -0.1) is 0 Å². The van der Waals surface area contributed by atoms with Crippen LogP contribution in [0.25, 0.3) is 0 Å². The zero-order chi connectivity index (χ0) is 12.3. The summed E-state index contributed by atoms with van der Waals surface area (Å²) in [6.45, 7) is 3.64. The third-order valence-corrected chi connectivity index (χ3v) is 3.01. The molecule has 16 heavy (non-hydrogen) atoms. The third-order valence-electron chi connectivity index (χ3n) is 1.75. The Balaban J connectivity index is 2.80. The number of amides is 1. The second-order valence-corrected chi connectivity index (χ2v) is 5.26. The van der Waals surface area contributed by atoms with E-state index in [1.54, 1.807) is 0 Å². The van der Waals surface area contributed by atoms with Crippen molar-refractivity contribution in [3.8, 4) is 6.07 Å². The maximum atomic E-state index is 10.8. The van der Waals surface area contributed by atoms with Crippen molar-refractivity contribution in [2.75, 3.05) is 5.32 Å². The van der Waals surface area contributed by atoms with E-state index in [0.29, 0.717) is 10.0 Å². The van der Waals surface area contributed by atoms with Crippen molar-refractivity contribution in [3.05, 3.63) is 10.0 Å². The van der Waals surface area contributed by atoms with E-state index in [-0.39, 0.29) is 11.6 Å². The highest BCUT2D eigenvalue weighted by atomic mass is 35.5. The van der Waals surface area contributed by atoms with Gasteiger partial charge >= 0.3 is 0 Å². The maximum Gasteiger partial charge on any atom is 0.219 e. The number of halogens is 1. The zero-order valence-corrected chi connectivity index (χ0v) is 10.4. The van der Waals surface area contributed by atoms with Gasteiger partial charge in [0.1, 0.15) is 10.9 Å². The Morgan fingerprint density at radius 2 is 2.38 bits per heavy atom. The summed E-state index contributed by atoms with van der Waals surface area (Å²) in [6, 6.07) is 1.93. The molecule has 86 valence electrons. The van der Waals surface area contributed by atoms with Gasteiger partial charge in [0.15, 0.2) is 10.3 Å². The van der Waals surface area contributed by atoms with Crippen LogP contribution in [0.5, 0.6) is 0 Å². The van der Waals surface area contributed by atoms with Crippen LogP contribution in [0.3, 0.4) is 0 Å². The number of rotatable bonds is 4. The molecule has 0 aromatic carbocycles. The quantitative estimate of drug-likeness (QED) is 0.860. The summed E-state index contributed by atoms with van der Waals surface area (Å²) in [5, 5.41) is 12.4. The van der Waals surface area contributed by atoms with Gasteiger partial charge in [0, 0.05) is 12.0 Å². The number of primary amides is 1. The Kier molecular flexibility index (Phi) is 3.73. The molecule has 0 aliphatic heterocycles. The summed E-state index contributed by atoms with van der Waals surface area (Å²) in [5.74, 6) is -0.402. The number of hydrogen-bond donors (Lipinski definition) is 2. The van der Waals surface area contributed by atoms with Crippen LogP contribution in [-0.2, 0) is 4.79 Å². The third kappa shape index (κ3) is 3.36. The number of carbonyl (C=O) groups excluding carboxylic acids is 1. The van der Waals surface area contributed by atoms with E-state index >= 15 is 0 Å². The lowest BCUT2D eigenvalue weighted by Crippen LogP contribution is -2.35. The van der Waals surface area contributed by atoms with E-state index in [4.69, 9.17) is 22.6 Å². The first-order valence-electron chi connectivity index (χ1n) is 4.47. The lowest BCUT2D eigenvalue weighted by molar-refractivity contribution is -0.118. The van der Waals surface area contributed by atoms with E-state index in [9.17, 15) is 4.79 Å². The van der Waals surface area contributed by atoms with E-state index in [1.807, 2.05) is 19.9 Å². The molecule has 0 spiro atoms. The van der Waals surface area contributed by atoms with E-state index < -0.39 is 11.4 Å². The zero-order valence-electron chi connectivity index (χ0n) is 8.87. The molecular weight excluding hydrogens is 248 g/mol. The molecule has 7 heteroatoms. The number of carbonyl (C=O) groups is 1. The number of nitriles is 1. The standard InChI is InChI=1S/C9H11ClN4OS/c1-9(2,3-6(12)15)14-8-13-7(10)5(4-11)16-8/h3H2,1-2H3,(H2,12,15)(H,13,14). The average Bonchev–Trinajstić information content (AvgIpc) is 2.42. The highest BCUT2D eigenvalue weighted by Gasteiger charge is 2.22. The van der Waals surface area contributed by atoms with Crippen molar-refractivity contribution < 1.29 is 4.79 Å². The molecule has 0 unspecified atom stereocenters. The summed E-state index contributed by atoms with van der Waals surface area (Å²) >= 11 is 6.87. The van der Waals surface area contributed by atoms with E-state index in [0.717, 1.165) is 11.3 Å². The minimum absolute atomic E-state index is 0.171. The molecule has 0 radical (unpaired) electrons. The number of aromatic nitrogens is 1. The molecule has 3 N–H and O–H groups in total. The molecular formula is C9H11ClN4OS. The minimum atomic E-state index is -0.514. The van der Waals surface area contributed by atoms with Crippen molar-refractivity contribution in [1.82, 2.24) is 4.98 Å². The van der Waals surface area contributed by atoms with E-state index in [2.05, 4.69) is 10.3 Å². The predicted molar refractivity (Wildman–Crippen MR) is 63.4 cm³/mol. The Morgan fingerprint density at radius 1 is 1.75 bits per heavy atom. The fourth-order valence-electron chi connectivity index (χ4n) is 1.19. The highest BCUT2D eigenvalue weighted by Crippen LogP contribution is 2.28. The molecule has 1 heterocycles. The molecule has 0 saturated carbocycles. The summed E-state index contributed by atoms with van der Waals surface area (Å²) in [5.41, 5.74) is 4.61. The Bertz CT molecular complexity index is 449. The van der Waals surface area contributed by atoms with Crippen molar-refractivity contribution in [3.63, 3.8) is 0 Å². The van der Waals surface area contributed by atoms with Crippen LogP contribution in [0, 0.1) is 11.3 Å². The van der Waals surface area contributed by atoms with Crippen LogP contribution >= 0.6 is 22.9 Å². The Labute approximate surface area is 102 Å². The topological polar surface area (TPSA) is 91.8 Å². The normalized spacial score (nSPS) is 10.9. The molecule has 0 saturated heterocycles. The van der Waals surface area contributed by atoms with Gasteiger partial charge in [0.2, 0.25) is 5.91 Å². The maximum absolute atomic E-state index is 10.8. The number of hydrogen-bond acceptors (Lipinski definition) is 5. The van der Waals surface area contributed by atoms with Gasteiger partial charge in [0.05, 0.1) is 0 Å². The van der Waals surface area contributed by atoms with Crippen molar-refractivity contribution in [2.45, 2.75) is 25.8 Å². The molecule has 5 nitrogen and oxygen atoms in total. The monoisotopic (exact) mass is 258 g/mol. The largest absolute Gasteiger partial charge is 0.370 e. The fourth-order valence-corrected chi connectivity index (χ4v) is 2.32. The van der Waals surface area contributed by atoms with Crippen molar-refractivity contribution in [1.29, 1.82) is 5.26 Å². The Hall–Kier alpha value is -1.32. The molecule has 1 aromatic rings. The van der Waals surface area contributed by atoms with Crippen LogP contribution in [0.1, 0.15) is 25.1 Å². The molecule has 0 atom stereocenters. The van der Waals surface area contributed by atoms with Crippen LogP contribution in [0.15, 0.2) is 0 Å². The molecule has 1 rings (SSSR count). The lowest BCUT2D eigenvalue weighted by atomic mass is 10.0. The molecule has 1 amide bonds. The average molecular weight is 259 g/mol. The van der Waals surface area contributed by atoms with Gasteiger partial charge in [-0.3, -0.25) is 4.79 Å². The van der Waals surface area contributed by atoms with Crippen LogP contribution in [0.2, 0.25) is 5.15 Å². The van der Waals surface area contributed by atoms with Gasteiger partial charge in [0.25, 0.3) is 0 Å². The Morgan fingerprint density at radius 3 is 2.81 bits per heavy atom. The highest BCUT2D eigenvalue weighted by molar-refractivity contribution is 7.16. The predicted octanol–water partition coefficient (Wildman–Crippen LogP) is 1.73. The van der Waals surface area contributed by atoms with Crippen molar-refractivity contribution in [2.24, 2.45) is 5.73 Å². The lowest BCUT2D eigenvalue weighted by Gasteiger charge is -2.23. The summed E-state index contributed by atoms with van der Waals surface area (Å²) in [6.07, 6.45) is 0.173. The van der Waals surface area contributed by atoms with Crippen LogP contribution in [-0.4, -0.2) is 16.4 Å². The molecule has 0 fully saturated rings. The molecule has 0 bridgehead atoms. The van der Waals surface area contributed by atoms with E-state index in [1.165, 1.54) is 0 Å². The smallest absolute Gasteiger partial charge is 0.219 e. The first-order valence-corrected chi connectivity index (χ1v) is 5.66. The van der Waals surface area contributed by atoms with Gasteiger partial charge < -0.3 is 11.1 Å². The number of nitrogens with one attached hydrogen (secondary N) is 1. The fraction of sp³-hybridized carbons (Fsp3) is 0.444. The SMILES string of the molecule is CC(C)(CC(N)=O)Nc1nc(Cl)c(C#N)s1. The molecule has 1 aromatic heterocycles. The minimum Gasteiger partial charge on any atom is -0.370 e. The second-order valence-electron chi connectivity index (χ2n) is 3.90. The van der Waals surface area contributed by atoms with Gasteiger partial charge in [-0.05, 0) is 13.8 Å². The molecule has 0 aliphatic carbocycles. The van der Waals surface area contributed by atoms with Gasteiger partial charge in [-0.1, -0.05) is 22.9 Å². The van der Waals surface area contributed by atoms with Crippen LogP contribution < -0.4 is 11.1 Å². The summed E-state index contributed by atoms with van der Waals surface area (Å²) < 4.78 is 0. The van der Waals surface area contributed by atoms with Crippen molar-refractivity contribution >= 4 is 34.0 Å². The summed E-state index contributed by atoms with van der Waals surface area (Å²) in [4.78, 5) is 15.1. The second kappa shape index (κ2) is 4.68. The number of thiazole rings is 1. The van der Waals surface area contributed by atoms with Crippen LogP contribution in [0.4, 0.5) is 5.13 Å². The first kappa shape index (κ1) is 12.7. The molecule has 0 aliphatic rings. The number of nitrogens with two attached hydrogens (primary N) is 1. The number of anilines is 1. The van der Waals surface area contributed by atoms with Gasteiger partial charge in [-0.25, -0.2) is 4.98 Å². The van der Waals surface area contributed by atoms with Gasteiger partial charge in [-0.2, -0.15) is 5.26 Å².